The Balaban J connectivity index is 2.46. The van der Waals surface area contributed by atoms with Crippen LogP contribution in [-0.4, -0.2) is 22.5 Å². The van der Waals surface area contributed by atoms with E-state index in [1.165, 1.54) is 0 Å². The predicted octanol–water partition coefficient (Wildman–Crippen LogP) is -0.0367. The van der Waals surface area contributed by atoms with Crippen molar-refractivity contribution >= 4 is 17.6 Å². The molecule has 1 aromatic rings. The normalized spacial score (nSPS) is 24.2. The van der Waals surface area contributed by atoms with Gasteiger partial charge in [0, 0.05) is 12.1 Å². The average molecular weight is 206 g/mol. The van der Waals surface area contributed by atoms with Crippen LogP contribution >= 0.6 is 0 Å². The van der Waals surface area contributed by atoms with E-state index in [2.05, 4.69) is 5.32 Å². The minimum absolute atomic E-state index is 0.0182. The van der Waals surface area contributed by atoms with Crippen molar-refractivity contribution in [3.05, 3.63) is 29.8 Å². The number of benzene rings is 1. The first-order valence-corrected chi connectivity index (χ1v) is 4.45. The highest BCUT2D eigenvalue weighted by molar-refractivity contribution is 6.14. The van der Waals surface area contributed by atoms with Crippen LogP contribution in [0.3, 0.4) is 0 Å². The van der Waals surface area contributed by atoms with E-state index < -0.39 is 17.4 Å². The van der Waals surface area contributed by atoms with Crippen molar-refractivity contribution in [2.75, 3.05) is 5.32 Å². The van der Waals surface area contributed by atoms with Gasteiger partial charge in [-0.15, -0.1) is 0 Å². The number of carboxylic acid groups (broad SMARTS) is 1. The van der Waals surface area contributed by atoms with Gasteiger partial charge in [0.25, 0.3) is 5.91 Å². The number of aliphatic carboxylic acids is 1. The number of carbonyl (C=O) groups is 2. The number of hydrogen-bond donors (Lipinski definition) is 3. The van der Waals surface area contributed by atoms with Crippen molar-refractivity contribution in [1.82, 2.24) is 0 Å². The molecule has 15 heavy (non-hydrogen) atoms. The Morgan fingerprint density at radius 2 is 2.13 bits per heavy atom. The van der Waals surface area contributed by atoms with E-state index in [0.29, 0.717) is 5.69 Å². The van der Waals surface area contributed by atoms with Crippen molar-refractivity contribution in [2.24, 2.45) is 5.73 Å². The van der Waals surface area contributed by atoms with E-state index in [4.69, 9.17) is 10.8 Å². The second kappa shape index (κ2) is 3.06. The van der Waals surface area contributed by atoms with Gasteiger partial charge in [-0.2, -0.15) is 0 Å². The molecule has 1 aliphatic rings. The number of hydrogen-bond acceptors (Lipinski definition) is 3. The Morgan fingerprint density at radius 1 is 1.47 bits per heavy atom. The summed E-state index contributed by atoms with van der Waals surface area (Å²) < 4.78 is 0. The maximum atomic E-state index is 11.5. The number of amides is 1. The summed E-state index contributed by atoms with van der Waals surface area (Å²) in [6.07, 6.45) is 0.0182. The van der Waals surface area contributed by atoms with Crippen LogP contribution in [-0.2, 0) is 16.0 Å². The summed E-state index contributed by atoms with van der Waals surface area (Å²) in [6, 6.07) is 7.01. The maximum Gasteiger partial charge on any atom is 0.333 e. The molecule has 0 aliphatic carbocycles. The second-order valence-electron chi connectivity index (χ2n) is 3.56. The van der Waals surface area contributed by atoms with Gasteiger partial charge in [-0.05, 0) is 11.6 Å². The highest BCUT2D eigenvalue weighted by Gasteiger charge is 2.45. The Labute approximate surface area is 85.9 Å². The van der Waals surface area contributed by atoms with Crippen molar-refractivity contribution < 1.29 is 14.7 Å². The van der Waals surface area contributed by atoms with Crippen LogP contribution in [0.25, 0.3) is 0 Å². The monoisotopic (exact) mass is 206 g/mol. The lowest BCUT2D eigenvalue weighted by molar-refractivity contribution is -0.147. The van der Waals surface area contributed by atoms with E-state index >= 15 is 0 Å². The lowest BCUT2D eigenvalue weighted by atomic mass is 9.87. The number of rotatable bonds is 1. The fourth-order valence-electron chi connectivity index (χ4n) is 1.58. The second-order valence-corrected chi connectivity index (χ2v) is 3.56. The smallest absolute Gasteiger partial charge is 0.333 e. The minimum Gasteiger partial charge on any atom is -0.479 e. The quantitative estimate of drug-likeness (QED) is 0.562. The third kappa shape index (κ3) is 1.37. The number of nitrogens with one attached hydrogen (secondary N) is 1. The summed E-state index contributed by atoms with van der Waals surface area (Å²) >= 11 is 0. The van der Waals surface area contributed by atoms with E-state index in [-0.39, 0.29) is 6.42 Å². The Hall–Kier alpha value is -1.88. The molecule has 0 saturated carbocycles. The van der Waals surface area contributed by atoms with E-state index in [1.54, 1.807) is 24.3 Å². The zero-order valence-corrected chi connectivity index (χ0v) is 7.86. The first-order chi connectivity index (χ1) is 7.04. The molecule has 0 aromatic heterocycles. The molecule has 5 heteroatoms. The highest BCUT2D eigenvalue weighted by Crippen LogP contribution is 2.26. The van der Waals surface area contributed by atoms with Crippen LogP contribution in [0, 0.1) is 0 Å². The van der Waals surface area contributed by atoms with Crippen LogP contribution in [0.1, 0.15) is 5.56 Å². The fraction of sp³-hybridized carbons (Fsp3) is 0.200. The van der Waals surface area contributed by atoms with Crippen molar-refractivity contribution in [3.63, 3.8) is 0 Å². The number of carboxylic acids is 1. The van der Waals surface area contributed by atoms with Crippen molar-refractivity contribution in [3.8, 4) is 0 Å². The van der Waals surface area contributed by atoms with Crippen LogP contribution in [0.4, 0.5) is 5.69 Å². The molecule has 1 heterocycles. The molecule has 4 N–H and O–H groups in total. The number of carbonyl (C=O) groups excluding carboxylic acids is 1. The van der Waals surface area contributed by atoms with Gasteiger partial charge in [-0.1, -0.05) is 18.2 Å². The predicted molar refractivity (Wildman–Crippen MR) is 53.3 cm³/mol. The summed E-state index contributed by atoms with van der Waals surface area (Å²) in [5.74, 6) is -1.98. The largest absolute Gasteiger partial charge is 0.479 e. The lowest BCUT2D eigenvalue weighted by Crippen LogP contribution is -2.60. The number of fused-ring (bicyclic) bond motifs is 1. The minimum atomic E-state index is -1.85. The SMILES string of the molecule is NC1(C(=O)O)Cc2ccccc2NC1=O. The van der Waals surface area contributed by atoms with Gasteiger partial charge in [-0.3, -0.25) is 4.79 Å². The van der Waals surface area contributed by atoms with Crippen molar-refractivity contribution in [2.45, 2.75) is 12.0 Å². The van der Waals surface area contributed by atoms with Crippen LogP contribution in [0.5, 0.6) is 0 Å². The van der Waals surface area contributed by atoms with Crippen LogP contribution < -0.4 is 11.1 Å². The Bertz CT molecular complexity index is 444. The molecule has 1 amide bonds. The average Bonchev–Trinajstić information content (AvgIpc) is 2.19. The summed E-state index contributed by atoms with van der Waals surface area (Å²) in [5.41, 5.74) is 5.06. The Kier molecular flexibility index (Phi) is 1.97. The molecule has 0 spiro atoms. The molecule has 78 valence electrons. The molecule has 1 aliphatic heterocycles. The Morgan fingerprint density at radius 3 is 2.80 bits per heavy atom. The molecule has 1 aromatic carbocycles. The first kappa shape index (κ1) is 9.67. The van der Waals surface area contributed by atoms with E-state index in [0.717, 1.165) is 5.56 Å². The first-order valence-electron chi connectivity index (χ1n) is 4.45. The van der Waals surface area contributed by atoms with Crippen molar-refractivity contribution in [1.29, 1.82) is 0 Å². The van der Waals surface area contributed by atoms with E-state index in [9.17, 15) is 9.59 Å². The van der Waals surface area contributed by atoms with Crippen LogP contribution in [0.15, 0.2) is 24.3 Å². The molecular weight excluding hydrogens is 196 g/mol. The molecule has 0 fully saturated rings. The topological polar surface area (TPSA) is 92.4 Å². The molecule has 0 saturated heterocycles. The number of para-hydroxylation sites is 1. The fourth-order valence-corrected chi connectivity index (χ4v) is 1.58. The molecule has 2 rings (SSSR count). The summed E-state index contributed by atoms with van der Waals surface area (Å²) in [6.45, 7) is 0. The molecule has 5 nitrogen and oxygen atoms in total. The highest BCUT2D eigenvalue weighted by atomic mass is 16.4. The van der Waals surface area contributed by atoms with E-state index in [1.807, 2.05) is 0 Å². The molecule has 0 bridgehead atoms. The molecular formula is C10H10N2O3. The summed E-state index contributed by atoms with van der Waals surface area (Å²) in [7, 11) is 0. The van der Waals surface area contributed by atoms with Gasteiger partial charge in [0.2, 0.25) is 0 Å². The maximum absolute atomic E-state index is 11.5. The molecule has 1 atom stereocenters. The standard InChI is InChI=1S/C10H10N2O3/c11-10(9(14)15)5-6-3-1-2-4-7(6)12-8(10)13/h1-4H,5,11H2,(H,12,13)(H,14,15). The van der Waals surface area contributed by atoms with Gasteiger partial charge < -0.3 is 16.2 Å². The third-order valence-corrected chi connectivity index (χ3v) is 2.52. The zero-order valence-electron chi connectivity index (χ0n) is 7.86. The zero-order chi connectivity index (χ0) is 11.1. The lowest BCUT2D eigenvalue weighted by Gasteiger charge is -2.29. The molecule has 0 radical (unpaired) electrons. The van der Waals surface area contributed by atoms with Gasteiger partial charge >= 0.3 is 5.97 Å². The number of nitrogens with two attached hydrogens (primary N) is 1. The summed E-state index contributed by atoms with van der Waals surface area (Å²) in [5, 5.41) is 11.4. The van der Waals surface area contributed by atoms with Gasteiger partial charge in [-0.25, -0.2) is 4.79 Å². The molecule has 1 unspecified atom stereocenters. The van der Waals surface area contributed by atoms with Crippen LogP contribution in [0.2, 0.25) is 0 Å². The third-order valence-electron chi connectivity index (χ3n) is 2.52. The van der Waals surface area contributed by atoms with Gasteiger partial charge in [0.15, 0.2) is 5.54 Å². The van der Waals surface area contributed by atoms with Gasteiger partial charge in [0.05, 0.1) is 0 Å². The van der Waals surface area contributed by atoms with Gasteiger partial charge in [0.1, 0.15) is 0 Å². The number of anilines is 1. The summed E-state index contributed by atoms with van der Waals surface area (Å²) in [4.78, 5) is 22.4.